The van der Waals surface area contributed by atoms with Crippen molar-refractivity contribution >= 4 is 27.4 Å². The number of aliphatic hydroxyl groups excluding tert-OH is 1. The standard InChI is InChI=1S/C19H18O6S/c1-23-13-5-4-10(8-14(13)24-2)15-16(19(21)22)12(9-20)17(25-3)11-6-7-26-18(11)15/h4-8,20H,9H2,1-3H3,(H,21,22). The zero-order valence-corrected chi connectivity index (χ0v) is 15.3. The molecule has 0 aliphatic carbocycles. The number of ether oxygens (including phenoxy) is 3. The smallest absolute Gasteiger partial charge is 0.336 e. The first-order valence-electron chi connectivity index (χ1n) is 7.73. The van der Waals surface area contributed by atoms with Crippen LogP contribution in [0.3, 0.4) is 0 Å². The van der Waals surface area contributed by atoms with Gasteiger partial charge in [-0.2, -0.15) is 0 Å². The van der Waals surface area contributed by atoms with Gasteiger partial charge in [-0.25, -0.2) is 4.79 Å². The van der Waals surface area contributed by atoms with E-state index in [1.165, 1.54) is 32.7 Å². The van der Waals surface area contributed by atoms with Crippen LogP contribution in [0.5, 0.6) is 17.2 Å². The second-order valence-corrected chi connectivity index (χ2v) is 6.37. The Balaban J connectivity index is 2.44. The molecule has 0 saturated heterocycles. The van der Waals surface area contributed by atoms with Gasteiger partial charge in [-0.05, 0) is 29.1 Å². The van der Waals surface area contributed by atoms with Crippen LogP contribution in [0.2, 0.25) is 0 Å². The van der Waals surface area contributed by atoms with Crippen LogP contribution in [0.4, 0.5) is 0 Å². The summed E-state index contributed by atoms with van der Waals surface area (Å²) < 4.78 is 16.8. The van der Waals surface area contributed by atoms with Crippen LogP contribution in [0.1, 0.15) is 15.9 Å². The fourth-order valence-corrected chi connectivity index (χ4v) is 4.08. The summed E-state index contributed by atoms with van der Waals surface area (Å²) in [7, 11) is 4.52. The molecule has 1 heterocycles. The fourth-order valence-electron chi connectivity index (χ4n) is 3.11. The van der Waals surface area contributed by atoms with Crippen molar-refractivity contribution in [1.82, 2.24) is 0 Å². The summed E-state index contributed by atoms with van der Waals surface area (Å²) in [6.45, 7) is -0.448. The fraction of sp³-hybridized carbons (Fsp3) is 0.211. The molecular weight excluding hydrogens is 356 g/mol. The molecule has 6 nitrogen and oxygen atoms in total. The Bertz CT molecular complexity index is 976. The highest BCUT2D eigenvalue weighted by atomic mass is 32.1. The second kappa shape index (κ2) is 7.23. The minimum absolute atomic E-state index is 0.0199. The molecule has 136 valence electrons. The SMILES string of the molecule is COc1ccc(-c2c(C(=O)O)c(CO)c(OC)c3ccsc23)cc1OC. The maximum Gasteiger partial charge on any atom is 0.336 e. The maximum atomic E-state index is 12.1. The first kappa shape index (κ1) is 18.0. The van der Waals surface area contributed by atoms with E-state index in [-0.39, 0.29) is 11.1 Å². The van der Waals surface area contributed by atoms with Gasteiger partial charge >= 0.3 is 5.97 Å². The van der Waals surface area contributed by atoms with Crippen molar-refractivity contribution in [2.75, 3.05) is 21.3 Å². The van der Waals surface area contributed by atoms with Gasteiger partial charge in [-0.1, -0.05) is 6.07 Å². The average Bonchev–Trinajstić information content (AvgIpc) is 3.14. The van der Waals surface area contributed by atoms with Crippen LogP contribution in [0.15, 0.2) is 29.6 Å². The predicted molar refractivity (Wildman–Crippen MR) is 99.8 cm³/mol. The lowest BCUT2D eigenvalue weighted by atomic mass is 9.92. The molecule has 0 aliphatic heterocycles. The van der Waals surface area contributed by atoms with Gasteiger partial charge in [-0.15, -0.1) is 11.3 Å². The number of hydrogen-bond donors (Lipinski definition) is 2. The Morgan fingerprint density at radius 2 is 1.81 bits per heavy atom. The molecular formula is C19H18O6S. The third-order valence-corrected chi connectivity index (χ3v) is 5.14. The molecule has 0 unspecified atom stereocenters. The van der Waals surface area contributed by atoms with Crippen LogP contribution in [0, 0.1) is 0 Å². The van der Waals surface area contributed by atoms with Gasteiger partial charge in [0.1, 0.15) is 5.75 Å². The highest BCUT2D eigenvalue weighted by Gasteiger charge is 2.26. The molecule has 3 aromatic rings. The summed E-state index contributed by atoms with van der Waals surface area (Å²) in [5, 5.41) is 22.3. The second-order valence-electron chi connectivity index (χ2n) is 5.46. The van der Waals surface area contributed by atoms with Crippen molar-refractivity contribution in [3.8, 4) is 28.4 Å². The van der Waals surface area contributed by atoms with Crippen LogP contribution in [-0.4, -0.2) is 37.5 Å². The van der Waals surface area contributed by atoms with Crippen molar-refractivity contribution in [3.63, 3.8) is 0 Å². The van der Waals surface area contributed by atoms with Gasteiger partial charge in [0.05, 0.1) is 33.5 Å². The van der Waals surface area contributed by atoms with Gasteiger partial charge in [0.25, 0.3) is 0 Å². The zero-order valence-electron chi connectivity index (χ0n) is 14.5. The Kier molecular flexibility index (Phi) is 5.01. The number of thiophene rings is 1. The normalized spacial score (nSPS) is 10.8. The molecule has 1 aromatic heterocycles. The first-order valence-corrected chi connectivity index (χ1v) is 8.61. The van der Waals surface area contributed by atoms with E-state index in [2.05, 4.69) is 0 Å². The Morgan fingerprint density at radius 1 is 1.08 bits per heavy atom. The topological polar surface area (TPSA) is 85.2 Å². The number of benzene rings is 2. The van der Waals surface area contributed by atoms with Crippen LogP contribution < -0.4 is 14.2 Å². The summed E-state index contributed by atoms with van der Waals surface area (Å²) in [5.41, 5.74) is 1.44. The summed E-state index contributed by atoms with van der Waals surface area (Å²) in [4.78, 5) is 12.1. The number of carboxylic acids is 1. The molecule has 0 atom stereocenters. The molecule has 0 bridgehead atoms. The highest BCUT2D eigenvalue weighted by molar-refractivity contribution is 7.17. The van der Waals surface area contributed by atoms with Crippen molar-refractivity contribution in [2.45, 2.75) is 6.61 Å². The van der Waals surface area contributed by atoms with Crippen molar-refractivity contribution in [1.29, 1.82) is 0 Å². The molecule has 7 heteroatoms. The van der Waals surface area contributed by atoms with Crippen LogP contribution >= 0.6 is 11.3 Å². The number of hydrogen-bond acceptors (Lipinski definition) is 6. The lowest BCUT2D eigenvalue weighted by molar-refractivity contribution is 0.0693. The minimum atomic E-state index is -1.13. The summed E-state index contributed by atoms with van der Waals surface area (Å²) in [6.07, 6.45) is 0. The molecule has 0 spiro atoms. The quantitative estimate of drug-likeness (QED) is 0.683. The zero-order chi connectivity index (χ0) is 18.8. The third-order valence-electron chi connectivity index (χ3n) is 4.21. The number of fused-ring (bicyclic) bond motifs is 1. The molecule has 3 rings (SSSR count). The number of methoxy groups -OCH3 is 3. The molecule has 0 saturated carbocycles. The van der Waals surface area contributed by atoms with Crippen molar-refractivity contribution < 1.29 is 29.2 Å². The van der Waals surface area contributed by atoms with Gasteiger partial charge in [0.2, 0.25) is 0 Å². The molecule has 2 aromatic carbocycles. The number of aliphatic hydroxyl groups is 1. The lowest BCUT2D eigenvalue weighted by Crippen LogP contribution is -2.08. The van der Waals surface area contributed by atoms with E-state index in [9.17, 15) is 15.0 Å². The van der Waals surface area contributed by atoms with Gasteiger partial charge in [-0.3, -0.25) is 0 Å². The largest absolute Gasteiger partial charge is 0.496 e. The molecule has 0 amide bonds. The number of carboxylic acid groups (broad SMARTS) is 1. The monoisotopic (exact) mass is 374 g/mol. The van der Waals surface area contributed by atoms with E-state index in [0.29, 0.717) is 28.4 Å². The lowest BCUT2D eigenvalue weighted by Gasteiger charge is -2.17. The Hall–Kier alpha value is -2.77. The molecule has 2 N–H and O–H groups in total. The number of carbonyl (C=O) groups is 1. The molecule has 0 fully saturated rings. The van der Waals surface area contributed by atoms with Crippen molar-refractivity contribution in [2.24, 2.45) is 0 Å². The number of rotatable bonds is 6. The molecule has 0 radical (unpaired) electrons. The Labute approximate surface area is 154 Å². The third kappa shape index (κ3) is 2.75. The number of aromatic carboxylic acids is 1. The predicted octanol–water partition coefficient (Wildman–Crippen LogP) is 3.78. The van der Waals surface area contributed by atoms with Crippen LogP contribution in [-0.2, 0) is 6.61 Å². The average molecular weight is 374 g/mol. The van der Waals surface area contributed by atoms with E-state index in [0.717, 1.165) is 10.1 Å². The summed E-state index contributed by atoms with van der Waals surface area (Å²) in [5.74, 6) is 0.289. The van der Waals surface area contributed by atoms with Gasteiger partial charge < -0.3 is 24.4 Å². The van der Waals surface area contributed by atoms with E-state index in [4.69, 9.17) is 14.2 Å². The summed E-state index contributed by atoms with van der Waals surface area (Å²) >= 11 is 1.42. The Morgan fingerprint density at radius 3 is 2.38 bits per heavy atom. The van der Waals surface area contributed by atoms with E-state index >= 15 is 0 Å². The van der Waals surface area contributed by atoms with E-state index < -0.39 is 12.6 Å². The van der Waals surface area contributed by atoms with Crippen LogP contribution in [0.25, 0.3) is 21.2 Å². The highest BCUT2D eigenvalue weighted by Crippen LogP contribution is 2.45. The van der Waals surface area contributed by atoms with E-state index in [1.807, 2.05) is 11.4 Å². The molecule has 26 heavy (non-hydrogen) atoms. The van der Waals surface area contributed by atoms with Gasteiger partial charge in [0.15, 0.2) is 11.5 Å². The minimum Gasteiger partial charge on any atom is -0.496 e. The molecule has 0 aliphatic rings. The maximum absolute atomic E-state index is 12.1. The van der Waals surface area contributed by atoms with Gasteiger partial charge in [0, 0.05) is 21.2 Å². The van der Waals surface area contributed by atoms with Crippen molar-refractivity contribution in [3.05, 3.63) is 40.8 Å². The summed E-state index contributed by atoms with van der Waals surface area (Å²) in [6, 6.07) is 7.08. The van der Waals surface area contributed by atoms with E-state index in [1.54, 1.807) is 18.2 Å². The first-order chi connectivity index (χ1) is 12.6.